The van der Waals surface area contributed by atoms with E-state index in [1.165, 1.54) is 19.1 Å². The van der Waals surface area contributed by atoms with Gasteiger partial charge in [-0.25, -0.2) is 9.59 Å². The summed E-state index contributed by atoms with van der Waals surface area (Å²) in [4.78, 5) is 56.8. The average Bonchev–Trinajstić information content (AvgIpc) is 2.94. The lowest BCUT2D eigenvalue weighted by Gasteiger charge is -2.08. The van der Waals surface area contributed by atoms with Crippen LogP contribution in [0.1, 0.15) is 46.0 Å². The van der Waals surface area contributed by atoms with Gasteiger partial charge in [0, 0.05) is 28.8 Å². The number of hydrogen-bond donors (Lipinski definition) is 0. The molecule has 0 N–H and O–H groups in total. The Hall–Kier alpha value is -5.39. The molecule has 0 amide bonds. The monoisotopic (exact) mass is 548 g/mol. The lowest BCUT2D eigenvalue weighted by molar-refractivity contribution is -0.394. The van der Waals surface area contributed by atoms with Crippen LogP contribution in [-0.2, 0) is 9.53 Å². The van der Waals surface area contributed by atoms with E-state index >= 15 is 0 Å². The predicted octanol–water partition coefficient (Wildman–Crippen LogP) is 5.23. The molecule has 0 saturated carbocycles. The Labute approximate surface area is 228 Å². The zero-order chi connectivity index (χ0) is 29.2. The van der Waals surface area contributed by atoms with Crippen LogP contribution in [0.4, 0.5) is 11.4 Å². The molecular formula is C28H24N2O10. The Morgan fingerprint density at radius 2 is 1.25 bits per heavy atom. The smallest absolute Gasteiger partial charge is 0.338 e. The Morgan fingerprint density at radius 3 is 1.75 bits per heavy atom. The number of ketones is 1. The van der Waals surface area contributed by atoms with Gasteiger partial charge in [0.15, 0.2) is 5.78 Å². The first-order chi connectivity index (χ1) is 19.0. The number of benzene rings is 3. The zero-order valence-corrected chi connectivity index (χ0v) is 21.4. The highest BCUT2D eigenvalue weighted by Gasteiger charge is 2.20. The Balaban J connectivity index is 1.43. The van der Waals surface area contributed by atoms with Crippen molar-refractivity contribution in [1.29, 1.82) is 0 Å². The van der Waals surface area contributed by atoms with Crippen LogP contribution in [0.3, 0.4) is 0 Å². The molecule has 0 atom stereocenters. The van der Waals surface area contributed by atoms with Crippen molar-refractivity contribution in [2.24, 2.45) is 0 Å². The molecule has 0 aliphatic carbocycles. The molecule has 3 rings (SSSR count). The summed E-state index contributed by atoms with van der Waals surface area (Å²) in [7, 11) is 0. The first-order valence-corrected chi connectivity index (χ1v) is 11.9. The van der Waals surface area contributed by atoms with E-state index in [1.54, 1.807) is 36.4 Å². The number of nitrogens with zero attached hydrogens (tertiary/aromatic N) is 2. The second-order valence-corrected chi connectivity index (χ2v) is 8.49. The number of esters is 2. The van der Waals surface area contributed by atoms with Crippen LogP contribution in [0.25, 0.3) is 0 Å². The molecule has 0 aliphatic rings. The number of nitro benzene ring substituents is 2. The second-order valence-electron chi connectivity index (χ2n) is 8.49. The SMILES string of the molecule is C=C(C)C(=O)Oc1ccc(C(=O)c2ccc(OCCCCOC(=O)c3cc([N+](=O)[O-])cc([N+](=O)[O-])c3)cc2)cc1. The molecule has 0 bridgehead atoms. The molecule has 0 spiro atoms. The molecule has 0 aliphatic heterocycles. The summed E-state index contributed by atoms with van der Waals surface area (Å²) in [5.41, 5.74) is -0.332. The maximum atomic E-state index is 12.7. The van der Waals surface area contributed by atoms with E-state index in [0.29, 0.717) is 35.5 Å². The third-order valence-corrected chi connectivity index (χ3v) is 5.39. The summed E-state index contributed by atoms with van der Waals surface area (Å²) in [5, 5.41) is 21.9. The van der Waals surface area contributed by atoms with Gasteiger partial charge in [0.1, 0.15) is 11.5 Å². The fraction of sp³-hybridized carbons (Fsp3) is 0.179. The lowest BCUT2D eigenvalue weighted by Crippen LogP contribution is -2.09. The van der Waals surface area contributed by atoms with Gasteiger partial charge in [-0.3, -0.25) is 25.0 Å². The van der Waals surface area contributed by atoms with Crippen LogP contribution >= 0.6 is 0 Å². The maximum Gasteiger partial charge on any atom is 0.338 e. The first kappa shape index (κ1) is 29.2. The van der Waals surface area contributed by atoms with Crippen molar-refractivity contribution >= 4 is 29.1 Å². The molecule has 3 aromatic carbocycles. The van der Waals surface area contributed by atoms with Crippen molar-refractivity contribution in [3.8, 4) is 11.5 Å². The molecule has 0 radical (unpaired) electrons. The zero-order valence-electron chi connectivity index (χ0n) is 21.4. The number of hydrogen-bond acceptors (Lipinski definition) is 10. The minimum atomic E-state index is -0.907. The van der Waals surface area contributed by atoms with E-state index in [2.05, 4.69) is 6.58 Å². The van der Waals surface area contributed by atoms with Gasteiger partial charge >= 0.3 is 11.9 Å². The van der Waals surface area contributed by atoms with E-state index in [1.807, 2.05) is 0 Å². The van der Waals surface area contributed by atoms with Crippen molar-refractivity contribution in [3.05, 3.63) is 116 Å². The molecule has 206 valence electrons. The molecule has 12 heteroatoms. The van der Waals surface area contributed by atoms with Crippen LogP contribution in [0, 0.1) is 20.2 Å². The van der Waals surface area contributed by atoms with Crippen molar-refractivity contribution in [3.63, 3.8) is 0 Å². The fourth-order valence-corrected chi connectivity index (χ4v) is 3.30. The molecule has 0 saturated heterocycles. The quantitative estimate of drug-likeness (QED) is 0.0525. The highest BCUT2D eigenvalue weighted by molar-refractivity contribution is 6.09. The van der Waals surface area contributed by atoms with Crippen molar-refractivity contribution in [2.75, 3.05) is 13.2 Å². The topological polar surface area (TPSA) is 165 Å². The Kier molecular flexibility index (Phi) is 9.79. The summed E-state index contributed by atoms with van der Waals surface area (Å²) in [6, 6.07) is 15.3. The summed E-state index contributed by atoms with van der Waals surface area (Å²) >= 11 is 0. The maximum absolute atomic E-state index is 12.7. The van der Waals surface area contributed by atoms with Gasteiger partial charge in [-0.15, -0.1) is 0 Å². The number of non-ortho nitro benzene ring substituents is 2. The van der Waals surface area contributed by atoms with Gasteiger partial charge in [-0.1, -0.05) is 6.58 Å². The summed E-state index contributed by atoms with van der Waals surface area (Å²) in [5.74, 6) is -0.851. The largest absolute Gasteiger partial charge is 0.494 e. The molecule has 0 heterocycles. The normalized spacial score (nSPS) is 10.3. The van der Waals surface area contributed by atoms with Crippen molar-refractivity contribution in [2.45, 2.75) is 19.8 Å². The van der Waals surface area contributed by atoms with E-state index < -0.39 is 33.2 Å². The minimum Gasteiger partial charge on any atom is -0.494 e. The van der Waals surface area contributed by atoms with Crippen molar-refractivity contribution < 1.29 is 38.4 Å². The minimum absolute atomic E-state index is 0.0166. The number of rotatable bonds is 13. The van der Waals surface area contributed by atoms with E-state index in [-0.39, 0.29) is 30.1 Å². The molecular weight excluding hydrogens is 524 g/mol. The standard InChI is InChI=1S/C28H24N2O10/c1-18(2)27(32)40-25-11-7-20(8-12-25)26(31)19-5-9-24(10-6-19)38-13-3-4-14-39-28(33)21-15-22(29(34)35)17-23(16-21)30(36)37/h5-12,15-17H,1,3-4,13-14H2,2H3. The van der Waals surface area contributed by atoms with Crippen LogP contribution in [0.5, 0.6) is 11.5 Å². The number of nitro groups is 2. The van der Waals surface area contributed by atoms with Crippen LogP contribution in [-0.4, -0.2) is 40.8 Å². The summed E-state index contributed by atoms with van der Waals surface area (Å²) in [6.45, 7) is 5.32. The van der Waals surface area contributed by atoms with E-state index in [4.69, 9.17) is 14.2 Å². The molecule has 12 nitrogen and oxygen atoms in total. The van der Waals surface area contributed by atoms with Gasteiger partial charge in [0.2, 0.25) is 0 Å². The highest BCUT2D eigenvalue weighted by Crippen LogP contribution is 2.23. The molecule has 40 heavy (non-hydrogen) atoms. The number of ether oxygens (including phenoxy) is 3. The summed E-state index contributed by atoms with van der Waals surface area (Å²) < 4.78 is 15.8. The van der Waals surface area contributed by atoms with E-state index in [9.17, 15) is 34.6 Å². The van der Waals surface area contributed by atoms with Crippen LogP contribution < -0.4 is 9.47 Å². The first-order valence-electron chi connectivity index (χ1n) is 11.9. The van der Waals surface area contributed by atoms with Gasteiger partial charge < -0.3 is 14.2 Å². The third-order valence-electron chi connectivity index (χ3n) is 5.39. The number of carbonyl (C=O) groups excluding carboxylic acids is 3. The Bertz CT molecular complexity index is 1410. The number of unbranched alkanes of at least 4 members (excludes halogenated alkanes) is 1. The second kappa shape index (κ2) is 13.4. The van der Waals surface area contributed by atoms with Crippen LogP contribution in [0.15, 0.2) is 78.9 Å². The molecule has 0 fully saturated rings. The number of carbonyl (C=O) groups is 3. The predicted molar refractivity (Wildman–Crippen MR) is 142 cm³/mol. The third kappa shape index (κ3) is 8.05. The van der Waals surface area contributed by atoms with Gasteiger partial charge in [-0.05, 0) is 68.3 Å². The Morgan fingerprint density at radius 1 is 0.750 bits per heavy atom. The summed E-state index contributed by atoms with van der Waals surface area (Å²) in [6.07, 6.45) is 0.919. The van der Waals surface area contributed by atoms with Crippen molar-refractivity contribution in [1.82, 2.24) is 0 Å². The van der Waals surface area contributed by atoms with Gasteiger partial charge in [0.05, 0.1) is 34.7 Å². The van der Waals surface area contributed by atoms with Gasteiger partial charge in [0.25, 0.3) is 11.4 Å². The van der Waals surface area contributed by atoms with Gasteiger partial charge in [-0.2, -0.15) is 0 Å². The van der Waals surface area contributed by atoms with E-state index in [0.717, 1.165) is 18.2 Å². The fourth-order valence-electron chi connectivity index (χ4n) is 3.30. The molecule has 0 aromatic heterocycles. The highest BCUT2D eigenvalue weighted by atomic mass is 16.6. The molecule has 3 aromatic rings. The average molecular weight is 549 g/mol. The lowest BCUT2D eigenvalue weighted by atomic mass is 10.0. The molecule has 0 unspecified atom stereocenters. The van der Waals surface area contributed by atoms with Crippen LogP contribution in [0.2, 0.25) is 0 Å².